The molecule has 8 heteroatoms. The summed E-state index contributed by atoms with van der Waals surface area (Å²) < 4.78 is 22.8. The van der Waals surface area contributed by atoms with Crippen molar-refractivity contribution >= 4 is 28.0 Å². The Morgan fingerprint density at radius 1 is 1.32 bits per heavy atom. The van der Waals surface area contributed by atoms with Gasteiger partial charge in [-0.15, -0.1) is 11.3 Å². The predicted octanol–water partition coefficient (Wildman–Crippen LogP) is 3.16. The number of carbonyl (C=O) groups excluding carboxylic acids is 1. The van der Waals surface area contributed by atoms with Gasteiger partial charge in [0.2, 0.25) is 5.91 Å². The Balaban J connectivity index is 1.21. The van der Waals surface area contributed by atoms with Crippen molar-refractivity contribution in [1.29, 1.82) is 0 Å². The second kappa shape index (κ2) is 11.4. The molecule has 2 aromatic rings. The van der Waals surface area contributed by atoms with Crippen molar-refractivity contribution in [1.82, 2.24) is 10.2 Å². The SMILES string of the molecule is O=C(CS(=O)Cc1ccco1)NCCCCOc1csc(CN2CCCC2)c1. The van der Waals surface area contributed by atoms with Gasteiger partial charge in [0.15, 0.2) is 0 Å². The second-order valence-electron chi connectivity index (χ2n) is 6.95. The van der Waals surface area contributed by atoms with Gasteiger partial charge in [-0.25, -0.2) is 0 Å². The van der Waals surface area contributed by atoms with Crippen LogP contribution in [0.25, 0.3) is 0 Å². The monoisotopic (exact) mass is 424 g/mol. The number of carbonyl (C=O) groups is 1. The topological polar surface area (TPSA) is 71.8 Å². The summed E-state index contributed by atoms with van der Waals surface area (Å²) in [5, 5.41) is 4.89. The lowest BCUT2D eigenvalue weighted by atomic mass is 10.3. The Kier molecular flexibility index (Phi) is 8.57. The number of rotatable bonds is 12. The van der Waals surface area contributed by atoms with Crippen molar-refractivity contribution in [3.63, 3.8) is 0 Å². The van der Waals surface area contributed by atoms with Crippen LogP contribution < -0.4 is 10.1 Å². The number of ether oxygens (including phenoxy) is 1. The number of likely N-dealkylation sites (tertiary alicyclic amines) is 1. The standard InChI is InChI=1S/C20H28N2O4S2/c23-20(16-28(24)15-17-6-5-11-25-17)21-7-1-4-10-26-18-12-19(27-14-18)13-22-8-2-3-9-22/h5-6,11-12,14H,1-4,7-10,13,15-16H2,(H,21,23). The molecule has 1 unspecified atom stereocenters. The normalized spacial score (nSPS) is 15.6. The largest absolute Gasteiger partial charge is 0.493 e. The Labute approximate surface area is 172 Å². The van der Waals surface area contributed by atoms with E-state index in [4.69, 9.17) is 9.15 Å². The van der Waals surface area contributed by atoms with Crippen molar-refractivity contribution in [2.75, 3.05) is 32.0 Å². The molecule has 1 aliphatic rings. The van der Waals surface area contributed by atoms with Crippen molar-refractivity contribution in [2.45, 2.75) is 38.0 Å². The van der Waals surface area contributed by atoms with Gasteiger partial charge in [0.25, 0.3) is 0 Å². The van der Waals surface area contributed by atoms with Crippen LogP contribution in [0.1, 0.15) is 36.3 Å². The first-order valence-electron chi connectivity index (χ1n) is 9.75. The molecular weight excluding hydrogens is 396 g/mol. The maximum Gasteiger partial charge on any atom is 0.232 e. The fraction of sp³-hybridized carbons (Fsp3) is 0.550. The van der Waals surface area contributed by atoms with E-state index in [0.29, 0.717) is 18.9 Å². The quantitative estimate of drug-likeness (QED) is 0.530. The van der Waals surface area contributed by atoms with Gasteiger partial charge in [-0.3, -0.25) is 13.9 Å². The minimum Gasteiger partial charge on any atom is -0.493 e. The van der Waals surface area contributed by atoms with E-state index < -0.39 is 10.8 Å². The zero-order valence-electron chi connectivity index (χ0n) is 16.1. The molecule has 1 fully saturated rings. The lowest BCUT2D eigenvalue weighted by Crippen LogP contribution is -2.29. The first-order chi connectivity index (χ1) is 13.7. The molecule has 0 saturated carbocycles. The third kappa shape index (κ3) is 7.41. The number of amides is 1. The van der Waals surface area contributed by atoms with Gasteiger partial charge in [-0.05, 0) is 57.0 Å². The van der Waals surface area contributed by atoms with Gasteiger partial charge in [0, 0.05) is 34.1 Å². The summed E-state index contributed by atoms with van der Waals surface area (Å²) in [6.07, 6.45) is 5.86. The Morgan fingerprint density at radius 3 is 2.96 bits per heavy atom. The molecule has 0 bridgehead atoms. The van der Waals surface area contributed by atoms with E-state index in [0.717, 1.165) is 25.1 Å². The molecular formula is C20H28N2O4S2. The highest BCUT2D eigenvalue weighted by Gasteiger charge is 2.13. The molecule has 0 aliphatic carbocycles. The van der Waals surface area contributed by atoms with Gasteiger partial charge in [0.05, 0.1) is 18.6 Å². The summed E-state index contributed by atoms with van der Waals surface area (Å²) in [7, 11) is -1.25. The highest BCUT2D eigenvalue weighted by molar-refractivity contribution is 7.84. The van der Waals surface area contributed by atoms with E-state index >= 15 is 0 Å². The average molecular weight is 425 g/mol. The molecule has 0 spiro atoms. The summed E-state index contributed by atoms with van der Waals surface area (Å²) in [5.74, 6) is 1.67. The molecule has 154 valence electrons. The van der Waals surface area contributed by atoms with Crippen LogP contribution in [0.15, 0.2) is 34.3 Å². The Morgan fingerprint density at radius 2 is 2.18 bits per heavy atom. The van der Waals surface area contributed by atoms with Crippen molar-refractivity contribution < 1.29 is 18.2 Å². The zero-order chi connectivity index (χ0) is 19.6. The summed E-state index contributed by atoms with van der Waals surface area (Å²) in [5.41, 5.74) is 0. The van der Waals surface area contributed by atoms with Crippen LogP contribution in [-0.4, -0.2) is 47.0 Å². The molecule has 1 aliphatic heterocycles. The number of hydrogen-bond donors (Lipinski definition) is 1. The van der Waals surface area contributed by atoms with E-state index in [-0.39, 0.29) is 17.4 Å². The summed E-state index contributed by atoms with van der Waals surface area (Å²) >= 11 is 1.76. The molecule has 1 amide bonds. The molecule has 1 N–H and O–H groups in total. The number of thiophene rings is 1. The van der Waals surface area contributed by atoms with Crippen LogP contribution in [0.3, 0.4) is 0 Å². The number of unbranched alkanes of at least 4 members (excludes halogenated alkanes) is 1. The van der Waals surface area contributed by atoms with Crippen molar-refractivity contribution in [2.24, 2.45) is 0 Å². The molecule has 2 aromatic heterocycles. The van der Waals surface area contributed by atoms with Crippen molar-refractivity contribution in [3.05, 3.63) is 40.5 Å². The molecule has 3 rings (SSSR count). The molecule has 6 nitrogen and oxygen atoms in total. The number of hydrogen-bond acceptors (Lipinski definition) is 6. The molecule has 3 heterocycles. The Hall–Kier alpha value is -1.64. The first kappa shape index (κ1) is 21.1. The van der Waals surface area contributed by atoms with Gasteiger partial charge >= 0.3 is 0 Å². The van der Waals surface area contributed by atoms with Crippen LogP contribution >= 0.6 is 11.3 Å². The van der Waals surface area contributed by atoms with Gasteiger partial charge < -0.3 is 14.5 Å². The molecule has 0 radical (unpaired) electrons. The molecule has 28 heavy (non-hydrogen) atoms. The fourth-order valence-electron chi connectivity index (χ4n) is 3.13. The van der Waals surface area contributed by atoms with Gasteiger partial charge in [0.1, 0.15) is 17.3 Å². The van der Waals surface area contributed by atoms with E-state index in [1.807, 2.05) is 0 Å². The first-order valence-corrected chi connectivity index (χ1v) is 12.1. The second-order valence-corrected chi connectivity index (χ2v) is 9.40. The summed E-state index contributed by atoms with van der Waals surface area (Å²) in [6.45, 7) is 4.65. The maximum absolute atomic E-state index is 11.9. The van der Waals surface area contributed by atoms with Crippen LogP contribution in [0.5, 0.6) is 5.75 Å². The van der Waals surface area contributed by atoms with Gasteiger partial charge in [-0.2, -0.15) is 0 Å². The maximum atomic E-state index is 11.9. The Bertz CT molecular complexity index is 739. The summed E-state index contributed by atoms with van der Waals surface area (Å²) in [6, 6.07) is 5.65. The van der Waals surface area contributed by atoms with Crippen molar-refractivity contribution in [3.8, 4) is 5.75 Å². The number of nitrogens with zero attached hydrogens (tertiary/aromatic N) is 1. The third-order valence-electron chi connectivity index (χ3n) is 4.55. The predicted molar refractivity (Wildman–Crippen MR) is 112 cm³/mol. The lowest BCUT2D eigenvalue weighted by Gasteiger charge is -2.12. The van der Waals surface area contributed by atoms with Crippen LogP contribution in [-0.2, 0) is 27.9 Å². The highest BCUT2D eigenvalue weighted by Crippen LogP contribution is 2.24. The van der Waals surface area contributed by atoms with Gasteiger partial charge in [-0.1, -0.05) is 0 Å². The molecule has 1 atom stereocenters. The number of nitrogens with one attached hydrogen (secondary N) is 1. The highest BCUT2D eigenvalue weighted by atomic mass is 32.2. The lowest BCUT2D eigenvalue weighted by molar-refractivity contribution is -0.118. The molecule has 0 aromatic carbocycles. The van der Waals surface area contributed by atoms with E-state index in [1.54, 1.807) is 29.7 Å². The smallest absolute Gasteiger partial charge is 0.232 e. The zero-order valence-corrected chi connectivity index (χ0v) is 17.7. The van der Waals surface area contributed by atoms with E-state index in [9.17, 15) is 9.00 Å². The van der Waals surface area contributed by atoms with Crippen LogP contribution in [0.4, 0.5) is 0 Å². The number of furan rings is 1. The minimum atomic E-state index is -1.25. The average Bonchev–Trinajstić information content (AvgIpc) is 3.42. The molecule has 1 saturated heterocycles. The minimum absolute atomic E-state index is 0.00585. The third-order valence-corrected chi connectivity index (χ3v) is 6.64. The summed E-state index contributed by atoms with van der Waals surface area (Å²) in [4.78, 5) is 15.7. The fourth-order valence-corrected chi connectivity index (χ4v) is 4.95. The van der Waals surface area contributed by atoms with Crippen LogP contribution in [0.2, 0.25) is 0 Å². The van der Waals surface area contributed by atoms with E-state index in [2.05, 4.69) is 21.7 Å². The van der Waals surface area contributed by atoms with E-state index in [1.165, 1.54) is 30.8 Å². The van der Waals surface area contributed by atoms with Crippen LogP contribution in [0, 0.1) is 0 Å².